The fourth-order valence-corrected chi connectivity index (χ4v) is 4.64. The van der Waals surface area contributed by atoms with Crippen molar-refractivity contribution in [2.24, 2.45) is 0 Å². The first kappa shape index (κ1) is 21.6. The molecule has 4 aromatic rings. The number of nitro benzene ring substituents is 4. The second kappa shape index (κ2) is 8.12. The highest BCUT2D eigenvalue weighted by Crippen LogP contribution is 2.46. The Kier molecular flexibility index (Phi) is 5.31. The molecular weight excluding hydrogens is 456 g/mol. The molecule has 13 heteroatoms. The van der Waals surface area contributed by atoms with E-state index in [-0.39, 0.29) is 42.7 Å². The lowest BCUT2D eigenvalue weighted by Gasteiger charge is -2.10. The van der Waals surface area contributed by atoms with E-state index in [0.717, 1.165) is 30.0 Å². The molecule has 0 amide bonds. The molecule has 0 radical (unpaired) electrons. The van der Waals surface area contributed by atoms with Crippen LogP contribution in [0.4, 0.5) is 22.7 Å². The maximum atomic E-state index is 11.8. The predicted octanol–water partition coefficient (Wildman–Crippen LogP) is 5.78. The molecule has 4 aromatic carbocycles. The van der Waals surface area contributed by atoms with Crippen molar-refractivity contribution in [1.29, 1.82) is 0 Å². The Bertz CT molecular complexity index is 1520. The summed E-state index contributed by atoms with van der Waals surface area (Å²) >= 11 is 0.853. The third-order valence-electron chi connectivity index (χ3n) is 4.90. The van der Waals surface area contributed by atoms with Gasteiger partial charge in [-0.25, -0.2) is 0 Å². The smallest absolute Gasteiger partial charge is 0.258 e. The van der Waals surface area contributed by atoms with Crippen LogP contribution < -0.4 is 0 Å². The molecule has 0 saturated heterocycles. The number of hydrogen-bond donors (Lipinski definition) is 0. The van der Waals surface area contributed by atoms with Gasteiger partial charge in [0.15, 0.2) is 0 Å². The summed E-state index contributed by atoms with van der Waals surface area (Å²) in [5.74, 6) is 0. The molecule has 0 spiro atoms. The second-order valence-corrected chi connectivity index (χ2v) is 7.78. The molecule has 0 aliphatic rings. The Morgan fingerprint density at radius 1 is 0.545 bits per heavy atom. The average molecular weight is 466 g/mol. The van der Waals surface area contributed by atoms with Crippen LogP contribution >= 0.6 is 11.8 Å². The van der Waals surface area contributed by atoms with E-state index in [1.54, 1.807) is 12.1 Å². The highest BCUT2D eigenvalue weighted by molar-refractivity contribution is 8.00. The quantitative estimate of drug-likeness (QED) is 0.252. The fourth-order valence-electron chi connectivity index (χ4n) is 3.47. The summed E-state index contributed by atoms with van der Waals surface area (Å²) < 4.78 is 0. The summed E-state index contributed by atoms with van der Waals surface area (Å²) in [5, 5.41) is 46.6. The van der Waals surface area contributed by atoms with E-state index in [9.17, 15) is 40.5 Å². The van der Waals surface area contributed by atoms with Crippen molar-refractivity contribution in [2.75, 3.05) is 0 Å². The maximum Gasteiger partial charge on any atom is 0.290 e. The van der Waals surface area contributed by atoms with Gasteiger partial charge in [0.25, 0.3) is 22.7 Å². The first-order chi connectivity index (χ1) is 15.7. The third kappa shape index (κ3) is 3.76. The zero-order valence-electron chi connectivity index (χ0n) is 16.2. The number of benzene rings is 4. The highest BCUT2D eigenvalue weighted by Gasteiger charge is 2.27. The number of fused-ring (bicyclic) bond motifs is 2. The molecule has 0 atom stereocenters. The van der Waals surface area contributed by atoms with Crippen LogP contribution in [0.15, 0.2) is 70.5 Å². The number of non-ortho nitro benzene ring substituents is 3. The van der Waals surface area contributed by atoms with E-state index in [1.165, 1.54) is 30.3 Å². The minimum Gasteiger partial charge on any atom is -0.258 e. The first-order valence-electron chi connectivity index (χ1n) is 9.07. The van der Waals surface area contributed by atoms with E-state index in [1.807, 2.05) is 0 Å². The summed E-state index contributed by atoms with van der Waals surface area (Å²) in [4.78, 5) is 43.6. The molecule has 0 bridgehead atoms. The molecule has 0 fully saturated rings. The van der Waals surface area contributed by atoms with Crippen molar-refractivity contribution in [3.8, 4) is 0 Å². The number of nitrogens with zero attached hydrogens (tertiary/aromatic N) is 4. The van der Waals surface area contributed by atoms with Crippen molar-refractivity contribution in [3.05, 3.63) is 101 Å². The molecule has 0 N–H and O–H groups in total. The average Bonchev–Trinajstić information content (AvgIpc) is 2.78. The van der Waals surface area contributed by atoms with Crippen LogP contribution in [0.3, 0.4) is 0 Å². The topological polar surface area (TPSA) is 173 Å². The lowest BCUT2D eigenvalue weighted by molar-refractivity contribution is -0.394. The number of nitro groups is 4. The molecule has 164 valence electrons. The largest absolute Gasteiger partial charge is 0.290 e. The summed E-state index contributed by atoms with van der Waals surface area (Å²) in [6.45, 7) is 0. The van der Waals surface area contributed by atoms with Gasteiger partial charge in [-0.15, -0.1) is 0 Å². The Hall–Kier alpha value is -4.65. The molecule has 0 saturated carbocycles. The molecule has 4 rings (SSSR count). The van der Waals surface area contributed by atoms with E-state index < -0.39 is 31.1 Å². The molecule has 0 unspecified atom stereocenters. The van der Waals surface area contributed by atoms with Crippen LogP contribution in [0.1, 0.15) is 0 Å². The highest BCUT2D eigenvalue weighted by atomic mass is 32.2. The molecule has 12 nitrogen and oxygen atoms in total. The van der Waals surface area contributed by atoms with Gasteiger partial charge in [-0.3, -0.25) is 40.5 Å². The molecule has 0 heterocycles. The van der Waals surface area contributed by atoms with Gasteiger partial charge >= 0.3 is 0 Å². The third-order valence-corrected chi connectivity index (χ3v) is 6.11. The lowest BCUT2D eigenvalue weighted by Crippen LogP contribution is -1.97. The molecule has 0 aliphatic heterocycles. The summed E-state index contributed by atoms with van der Waals surface area (Å²) in [5.41, 5.74) is -1.56. The summed E-state index contributed by atoms with van der Waals surface area (Å²) in [6.07, 6.45) is 0. The van der Waals surface area contributed by atoms with Gasteiger partial charge in [-0.05, 0) is 18.2 Å². The van der Waals surface area contributed by atoms with Crippen LogP contribution in [-0.2, 0) is 0 Å². The van der Waals surface area contributed by atoms with Crippen LogP contribution in [0.25, 0.3) is 21.5 Å². The van der Waals surface area contributed by atoms with Crippen molar-refractivity contribution >= 4 is 56.1 Å². The van der Waals surface area contributed by atoms with Crippen molar-refractivity contribution in [2.45, 2.75) is 9.79 Å². The fraction of sp³-hybridized carbons (Fsp3) is 0. The second-order valence-electron chi connectivity index (χ2n) is 6.73. The van der Waals surface area contributed by atoms with E-state index in [4.69, 9.17) is 0 Å². The number of rotatable bonds is 6. The standard InChI is InChI=1S/C20H10N4O8S/c25-21(26)11-5-6-13-15(9-11)19(8-7-16(13)22(27)28)33-20-14-4-2-1-3-12(14)17(23(29)30)10-18(20)24(31)32/h1-10H. The maximum absolute atomic E-state index is 11.8. The Balaban J connectivity index is 2.03. The van der Waals surface area contributed by atoms with Crippen LogP contribution in [0.5, 0.6) is 0 Å². The SMILES string of the molecule is O=[N+]([O-])c1ccc2c([N+](=O)[O-])ccc(Sc3c([N+](=O)[O-])cc([N+](=O)[O-])c4ccccc34)c2c1. The first-order valence-corrected chi connectivity index (χ1v) is 9.88. The van der Waals surface area contributed by atoms with Gasteiger partial charge in [0, 0.05) is 33.9 Å². The zero-order chi connectivity index (χ0) is 23.9. The number of hydrogen-bond acceptors (Lipinski definition) is 9. The van der Waals surface area contributed by atoms with Gasteiger partial charge in [0.2, 0.25) is 0 Å². The Labute approximate surface area is 187 Å². The summed E-state index contributed by atoms with van der Waals surface area (Å²) in [6, 6.07) is 13.0. The van der Waals surface area contributed by atoms with Crippen molar-refractivity contribution in [3.63, 3.8) is 0 Å². The Morgan fingerprint density at radius 3 is 1.76 bits per heavy atom. The zero-order valence-corrected chi connectivity index (χ0v) is 17.1. The van der Waals surface area contributed by atoms with Crippen LogP contribution in [0, 0.1) is 40.5 Å². The van der Waals surface area contributed by atoms with Gasteiger partial charge < -0.3 is 0 Å². The molecule has 0 aliphatic carbocycles. The molecule has 33 heavy (non-hydrogen) atoms. The minimum absolute atomic E-state index is 0.0721. The minimum atomic E-state index is -0.752. The predicted molar refractivity (Wildman–Crippen MR) is 119 cm³/mol. The van der Waals surface area contributed by atoms with Gasteiger partial charge in [0.05, 0.1) is 41.4 Å². The van der Waals surface area contributed by atoms with E-state index >= 15 is 0 Å². The Morgan fingerprint density at radius 2 is 1.15 bits per heavy atom. The van der Waals surface area contributed by atoms with Gasteiger partial charge in [0.1, 0.15) is 0 Å². The van der Waals surface area contributed by atoms with Gasteiger partial charge in [-0.1, -0.05) is 30.0 Å². The van der Waals surface area contributed by atoms with Crippen LogP contribution in [0.2, 0.25) is 0 Å². The normalized spacial score (nSPS) is 10.9. The van der Waals surface area contributed by atoms with E-state index in [0.29, 0.717) is 0 Å². The monoisotopic (exact) mass is 466 g/mol. The van der Waals surface area contributed by atoms with Crippen LogP contribution in [-0.4, -0.2) is 19.7 Å². The van der Waals surface area contributed by atoms with Crippen molar-refractivity contribution < 1.29 is 19.7 Å². The summed E-state index contributed by atoms with van der Waals surface area (Å²) in [7, 11) is 0. The molecular formula is C20H10N4O8S. The molecule has 0 aromatic heterocycles. The van der Waals surface area contributed by atoms with E-state index in [2.05, 4.69) is 0 Å². The van der Waals surface area contributed by atoms with Crippen molar-refractivity contribution in [1.82, 2.24) is 0 Å². The van der Waals surface area contributed by atoms with Gasteiger partial charge in [-0.2, -0.15) is 0 Å². The lowest BCUT2D eigenvalue weighted by atomic mass is 10.1.